The van der Waals surface area contributed by atoms with Crippen molar-refractivity contribution in [3.8, 4) is 10.7 Å². The van der Waals surface area contributed by atoms with Gasteiger partial charge in [0.15, 0.2) is 5.82 Å². The Bertz CT molecular complexity index is 1050. The summed E-state index contributed by atoms with van der Waals surface area (Å²) < 4.78 is 14.9. The molecule has 0 saturated carbocycles. The van der Waals surface area contributed by atoms with Gasteiger partial charge in [0.25, 0.3) is 11.3 Å². The van der Waals surface area contributed by atoms with E-state index >= 15 is 0 Å². The van der Waals surface area contributed by atoms with Gasteiger partial charge < -0.3 is 5.32 Å². The van der Waals surface area contributed by atoms with Crippen LogP contribution in [0.3, 0.4) is 0 Å². The molecule has 0 amide bonds. The van der Waals surface area contributed by atoms with Gasteiger partial charge in [-0.2, -0.15) is 9.50 Å². The molecule has 0 aliphatic carbocycles. The van der Waals surface area contributed by atoms with Crippen molar-refractivity contribution < 1.29 is 4.39 Å². The normalized spacial score (nSPS) is 11.0. The molecular weight excluding hydrogens is 329 g/mol. The third kappa shape index (κ3) is 2.67. The Morgan fingerprint density at radius 1 is 1.21 bits per heavy atom. The summed E-state index contributed by atoms with van der Waals surface area (Å²) in [6.07, 6.45) is 0. The summed E-state index contributed by atoms with van der Waals surface area (Å²) in [5.41, 5.74) is 0.592. The fourth-order valence-corrected chi connectivity index (χ4v) is 3.00. The molecule has 0 aliphatic rings. The van der Waals surface area contributed by atoms with E-state index in [2.05, 4.69) is 20.4 Å². The second-order valence-electron chi connectivity index (χ2n) is 5.10. The van der Waals surface area contributed by atoms with Gasteiger partial charge >= 0.3 is 0 Å². The summed E-state index contributed by atoms with van der Waals surface area (Å²) in [6.45, 7) is 0.230. The first-order valence-electron chi connectivity index (χ1n) is 7.22. The molecule has 6 nitrogen and oxygen atoms in total. The van der Waals surface area contributed by atoms with Crippen LogP contribution in [-0.2, 0) is 6.54 Å². The number of hydrogen-bond acceptors (Lipinski definition) is 5. The minimum atomic E-state index is -0.352. The molecular formula is C16H12FN5OS. The van der Waals surface area contributed by atoms with Crippen LogP contribution in [0.25, 0.3) is 16.5 Å². The van der Waals surface area contributed by atoms with E-state index < -0.39 is 0 Å². The molecule has 0 unspecified atom stereocenters. The van der Waals surface area contributed by atoms with Crippen LogP contribution in [0, 0.1) is 5.82 Å². The molecule has 4 aromatic rings. The van der Waals surface area contributed by atoms with Gasteiger partial charge in [0, 0.05) is 6.07 Å². The molecule has 4 rings (SSSR count). The van der Waals surface area contributed by atoms with Crippen LogP contribution in [0.5, 0.6) is 0 Å². The number of fused-ring (bicyclic) bond motifs is 1. The lowest BCUT2D eigenvalue weighted by atomic mass is 10.3. The third-order valence-corrected chi connectivity index (χ3v) is 4.35. The average molecular weight is 341 g/mol. The van der Waals surface area contributed by atoms with Gasteiger partial charge in [0.1, 0.15) is 5.82 Å². The molecule has 8 heteroatoms. The minimum Gasteiger partial charge on any atom is -0.377 e. The number of aromatic nitrogens is 4. The maximum Gasteiger partial charge on any atom is 0.274 e. The fraction of sp³-hybridized carbons (Fsp3) is 0.0625. The number of para-hydroxylation sites is 1. The molecule has 0 fully saturated rings. The summed E-state index contributed by atoms with van der Waals surface area (Å²) in [5, 5.41) is 7.80. The molecule has 120 valence electrons. The first-order valence-corrected chi connectivity index (χ1v) is 8.09. The summed E-state index contributed by atoms with van der Waals surface area (Å²) in [7, 11) is 0. The van der Waals surface area contributed by atoms with E-state index in [0.29, 0.717) is 17.2 Å². The van der Waals surface area contributed by atoms with Crippen molar-refractivity contribution in [2.75, 3.05) is 5.32 Å². The molecule has 0 spiro atoms. The fourth-order valence-electron chi connectivity index (χ4n) is 2.33. The number of benzene rings is 1. The first kappa shape index (κ1) is 14.6. The molecule has 0 saturated heterocycles. The van der Waals surface area contributed by atoms with Gasteiger partial charge in [-0.15, -0.1) is 11.3 Å². The van der Waals surface area contributed by atoms with Gasteiger partial charge in [0.05, 0.1) is 22.8 Å². The van der Waals surface area contributed by atoms with E-state index in [0.717, 1.165) is 4.88 Å². The van der Waals surface area contributed by atoms with Crippen LogP contribution in [0.4, 0.5) is 10.1 Å². The van der Waals surface area contributed by atoms with E-state index in [4.69, 9.17) is 0 Å². The van der Waals surface area contributed by atoms with Crippen molar-refractivity contribution in [2.45, 2.75) is 6.54 Å². The Labute approximate surface area is 139 Å². The summed E-state index contributed by atoms with van der Waals surface area (Å²) in [6, 6.07) is 11.6. The molecule has 1 aromatic carbocycles. The highest BCUT2D eigenvalue weighted by atomic mass is 32.1. The van der Waals surface area contributed by atoms with E-state index in [1.54, 1.807) is 18.2 Å². The first-order chi connectivity index (χ1) is 11.7. The van der Waals surface area contributed by atoms with Crippen LogP contribution < -0.4 is 10.9 Å². The quantitative estimate of drug-likeness (QED) is 0.598. The summed E-state index contributed by atoms with van der Waals surface area (Å²) >= 11 is 1.52. The molecule has 0 atom stereocenters. The van der Waals surface area contributed by atoms with E-state index in [1.807, 2.05) is 17.5 Å². The van der Waals surface area contributed by atoms with Crippen molar-refractivity contribution in [2.24, 2.45) is 0 Å². The van der Waals surface area contributed by atoms with Gasteiger partial charge in [-0.1, -0.05) is 18.2 Å². The molecule has 0 bridgehead atoms. The van der Waals surface area contributed by atoms with Crippen molar-refractivity contribution in [1.29, 1.82) is 0 Å². The van der Waals surface area contributed by atoms with Crippen LogP contribution in [0.1, 0.15) is 5.69 Å². The maximum absolute atomic E-state index is 13.6. The number of hydrogen-bond donors (Lipinski definition) is 2. The predicted octanol–water partition coefficient (Wildman–Crippen LogP) is 2.90. The van der Waals surface area contributed by atoms with E-state index in [-0.39, 0.29) is 23.7 Å². The summed E-state index contributed by atoms with van der Waals surface area (Å²) in [4.78, 5) is 21.8. The number of anilines is 1. The zero-order valence-electron chi connectivity index (χ0n) is 12.4. The molecule has 0 aliphatic heterocycles. The highest BCUT2D eigenvalue weighted by Crippen LogP contribution is 2.20. The number of rotatable bonds is 4. The Balaban J connectivity index is 1.65. The SMILES string of the molecule is O=c1cc(CNc2ccccc2F)nc2nc(-c3cccs3)[nH]n12. The topological polar surface area (TPSA) is 75.1 Å². The summed E-state index contributed by atoms with van der Waals surface area (Å²) in [5.74, 6) is 0.528. The third-order valence-electron chi connectivity index (χ3n) is 3.47. The van der Waals surface area contributed by atoms with Crippen LogP contribution in [-0.4, -0.2) is 19.6 Å². The smallest absolute Gasteiger partial charge is 0.274 e. The Kier molecular flexibility index (Phi) is 3.58. The number of thiophene rings is 1. The lowest BCUT2D eigenvalue weighted by molar-refractivity contribution is 0.630. The maximum atomic E-state index is 13.6. The standard InChI is InChI=1S/C16H12FN5OS/c17-11-4-1-2-5-12(11)18-9-10-8-14(23)22-16(19-10)20-15(21-22)13-6-3-7-24-13/h1-8,18H,9H2,(H,19,20,21). The van der Waals surface area contributed by atoms with Crippen molar-refractivity contribution in [1.82, 2.24) is 19.6 Å². The predicted molar refractivity (Wildman–Crippen MR) is 90.6 cm³/mol. The Morgan fingerprint density at radius 2 is 2.08 bits per heavy atom. The highest BCUT2D eigenvalue weighted by Gasteiger charge is 2.10. The average Bonchev–Trinajstić information content (AvgIpc) is 3.23. The van der Waals surface area contributed by atoms with E-state index in [1.165, 1.54) is 28.0 Å². The number of halogens is 1. The Morgan fingerprint density at radius 3 is 2.88 bits per heavy atom. The molecule has 2 N–H and O–H groups in total. The molecule has 24 heavy (non-hydrogen) atoms. The number of aromatic amines is 1. The van der Waals surface area contributed by atoms with E-state index in [9.17, 15) is 9.18 Å². The van der Waals surface area contributed by atoms with Crippen molar-refractivity contribution in [3.63, 3.8) is 0 Å². The van der Waals surface area contributed by atoms with Gasteiger partial charge in [-0.05, 0) is 23.6 Å². The zero-order valence-corrected chi connectivity index (χ0v) is 13.2. The molecule has 3 aromatic heterocycles. The minimum absolute atomic E-state index is 0.230. The lowest BCUT2D eigenvalue weighted by Crippen LogP contribution is -2.17. The molecule has 0 radical (unpaired) electrons. The van der Waals surface area contributed by atoms with Gasteiger partial charge in [0.2, 0.25) is 0 Å². The van der Waals surface area contributed by atoms with Gasteiger partial charge in [-0.25, -0.2) is 9.37 Å². The second-order valence-corrected chi connectivity index (χ2v) is 6.05. The van der Waals surface area contributed by atoms with Crippen molar-refractivity contribution >= 4 is 22.8 Å². The highest BCUT2D eigenvalue weighted by molar-refractivity contribution is 7.13. The zero-order chi connectivity index (χ0) is 16.5. The molecule has 3 heterocycles. The Hall–Kier alpha value is -3.00. The number of nitrogens with zero attached hydrogens (tertiary/aromatic N) is 3. The van der Waals surface area contributed by atoms with Crippen LogP contribution in [0.2, 0.25) is 0 Å². The lowest BCUT2D eigenvalue weighted by Gasteiger charge is -2.06. The monoisotopic (exact) mass is 341 g/mol. The number of nitrogens with one attached hydrogen (secondary N) is 2. The number of H-pyrrole nitrogens is 1. The largest absolute Gasteiger partial charge is 0.377 e. The van der Waals surface area contributed by atoms with Crippen LogP contribution in [0.15, 0.2) is 52.6 Å². The van der Waals surface area contributed by atoms with Crippen molar-refractivity contribution in [3.05, 3.63) is 69.7 Å². The second kappa shape index (κ2) is 5.89. The van der Waals surface area contributed by atoms with Gasteiger partial charge in [-0.3, -0.25) is 9.89 Å². The van der Waals surface area contributed by atoms with Crippen LogP contribution >= 0.6 is 11.3 Å².